The number of unbranched alkanes of at least 4 members (excludes halogenated alkanes) is 1. The molecule has 0 atom stereocenters. The summed E-state index contributed by atoms with van der Waals surface area (Å²) in [5.74, 6) is 0.520. The predicted octanol–water partition coefficient (Wildman–Crippen LogP) is 5.31. The lowest BCUT2D eigenvalue weighted by atomic mass is 10.1. The molecule has 0 aliphatic carbocycles. The Morgan fingerprint density at radius 1 is 0.912 bits per heavy atom. The van der Waals surface area contributed by atoms with Crippen LogP contribution in [0.3, 0.4) is 0 Å². The number of amides is 1. The lowest BCUT2D eigenvalue weighted by Crippen LogP contribution is -2.14. The molecule has 0 spiro atoms. The Morgan fingerprint density at radius 2 is 1.68 bits per heavy atom. The van der Waals surface area contributed by atoms with Gasteiger partial charge >= 0.3 is 5.97 Å². The molecule has 0 fully saturated rings. The van der Waals surface area contributed by atoms with Crippen LogP contribution in [0.4, 0.5) is 5.69 Å². The Kier molecular flexibility index (Phi) is 8.80. The van der Waals surface area contributed by atoms with Gasteiger partial charge in [0.25, 0.3) is 5.91 Å². The number of aryl methyl sites for hydroxylation is 1. The smallest absolute Gasteiger partial charge is 0.305 e. The van der Waals surface area contributed by atoms with Gasteiger partial charge in [-0.3, -0.25) is 14.4 Å². The second-order valence-electron chi connectivity index (χ2n) is 7.60. The number of rotatable bonds is 11. The van der Waals surface area contributed by atoms with E-state index in [-0.39, 0.29) is 12.3 Å². The van der Waals surface area contributed by atoms with Crippen molar-refractivity contribution in [3.63, 3.8) is 0 Å². The molecule has 0 heterocycles. The number of ether oxygens (including phenoxy) is 3. The number of benzene rings is 3. The van der Waals surface area contributed by atoms with Gasteiger partial charge in [-0.25, -0.2) is 0 Å². The molecule has 1 N–H and O–H groups in total. The summed E-state index contributed by atoms with van der Waals surface area (Å²) in [5.41, 5.74) is 3.22. The highest BCUT2D eigenvalue weighted by Gasteiger charge is 2.14. The second-order valence-corrected chi connectivity index (χ2v) is 7.60. The van der Waals surface area contributed by atoms with Crippen LogP contribution in [0.25, 0.3) is 11.1 Å². The van der Waals surface area contributed by atoms with Crippen LogP contribution in [0.1, 0.15) is 24.8 Å². The molecule has 0 bridgehead atoms. The molecule has 1 amide bonds. The maximum atomic E-state index is 11.7. The fourth-order valence-corrected chi connectivity index (χ4v) is 3.31. The van der Waals surface area contributed by atoms with E-state index in [1.807, 2.05) is 61.5 Å². The first kappa shape index (κ1) is 24.5. The normalized spacial score (nSPS) is 10.3. The molecule has 3 aromatic carbocycles. The molecular weight excluding hydrogens is 434 g/mol. The third-order valence-corrected chi connectivity index (χ3v) is 5.07. The summed E-state index contributed by atoms with van der Waals surface area (Å²) >= 11 is 0. The third-order valence-electron chi connectivity index (χ3n) is 5.07. The number of carbonyl (C=O) groups excluding carboxylic acids is 3. The molecule has 0 radical (unpaired) electrons. The molecule has 7 nitrogen and oxygen atoms in total. The monoisotopic (exact) mass is 461 g/mol. The molecule has 3 aromatic rings. The van der Waals surface area contributed by atoms with Gasteiger partial charge in [-0.15, -0.1) is 0 Å². The van der Waals surface area contributed by atoms with E-state index in [0.29, 0.717) is 48.8 Å². The summed E-state index contributed by atoms with van der Waals surface area (Å²) < 4.78 is 16.6. The zero-order valence-electron chi connectivity index (χ0n) is 19.2. The second kappa shape index (κ2) is 12.2. The van der Waals surface area contributed by atoms with Crippen LogP contribution < -0.4 is 14.8 Å². The van der Waals surface area contributed by atoms with Gasteiger partial charge in [-0.05, 0) is 54.7 Å². The van der Waals surface area contributed by atoms with Crippen molar-refractivity contribution < 1.29 is 28.6 Å². The van der Waals surface area contributed by atoms with Crippen molar-refractivity contribution in [1.29, 1.82) is 0 Å². The SMILES string of the molecule is COC(=O)CCCCOc1cc(Oc2cccc(-c3ccccc3)c2)c(C)cc1NC(=O)C=O. The third kappa shape index (κ3) is 6.93. The van der Waals surface area contributed by atoms with E-state index in [9.17, 15) is 14.4 Å². The van der Waals surface area contributed by atoms with Gasteiger partial charge in [0.15, 0.2) is 0 Å². The molecular formula is C27H27NO6. The Bertz CT molecular complexity index is 1140. The van der Waals surface area contributed by atoms with Crippen molar-refractivity contribution in [1.82, 2.24) is 0 Å². The first-order valence-electron chi connectivity index (χ1n) is 10.9. The Balaban J connectivity index is 1.79. The van der Waals surface area contributed by atoms with Gasteiger partial charge in [0.1, 0.15) is 17.2 Å². The van der Waals surface area contributed by atoms with E-state index in [0.717, 1.165) is 16.7 Å². The molecule has 0 aromatic heterocycles. The highest BCUT2D eigenvalue weighted by molar-refractivity contribution is 6.29. The number of hydrogen-bond acceptors (Lipinski definition) is 6. The Labute approximate surface area is 198 Å². The summed E-state index contributed by atoms with van der Waals surface area (Å²) in [6.07, 6.45) is 1.72. The van der Waals surface area contributed by atoms with E-state index in [2.05, 4.69) is 10.1 Å². The standard InChI is InChI=1S/C27H27NO6/c1-19-15-23(28-26(30)18-29)25(33-14-7-6-13-27(31)32-2)17-24(19)34-22-12-8-11-21(16-22)20-9-4-3-5-10-20/h3-5,8-12,15-18H,6-7,13-14H2,1-2H3,(H,28,30). The Hall–Kier alpha value is -4.13. The van der Waals surface area contributed by atoms with Crippen molar-refractivity contribution in [3.05, 3.63) is 72.3 Å². The summed E-state index contributed by atoms with van der Waals surface area (Å²) in [5, 5.41) is 2.53. The van der Waals surface area contributed by atoms with E-state index in [1.165, 1.54) is 7.11 Å². The van der Waals surface area contributed by atoms with Gasteiger partial charge in [0.05, 0.1) is 19.4 Å². The van der Waals surface area contributed by atoms with Gasteiger partial charge < -0.3 is 19.5 Å². The van der Waals surface area contributed by atoms with Crippen molar-refractivity contribution in [3.8, 4) is 28.4 Å². The molecule has 3 rings (SSSR count). The molecule has 7 heteroatoms. The first-order valence-corrected chi connectivity index (χ1v) is 10.9. The summed E-state index contributed by atoms with van der Waals surface area (Å²) in [7, 11) is 1.35. The van der Waals surface area contributed by atoms with Crippen molar-refractivity contribution >= 4 is 23.9 Å². The minimum Gasteiger partial charge on any atom is -0.491 e. The molecule has 0 aliphatic rings. The highest BCUT2D eigenvalue weighted by atomic mass is 16.5. The fraction of sp³-hybridized carbons (Fsp3) is 0.222. The van der Waals surface area contributed by atoms with Crippen molar-refractivity contribution in [2.24, 2.45) is 0 Å². The van der Waals surface area contributed by atoms with Gasteiger partial charge in [0, 0.05) is 12.5 Å². The number of esters is 1. The molecule has 34 heavy (non-hydrogen) atoms. The number of anilines is 1. The lowest BCUT2D eigenvalue weighted by Gasteiger charge is -2.16. The summed E-state index contributed by atoms with van der Waals surface area (Å²) in [4.78, 5) is 33.8. The van der Waals surface area contributed by atoms with E-state index >= 15 is 0 Å². The van der Waals surface area contributed by atoms with Crippen molar-refractivity contribution in [2.45, 2.75) is 26.2 Å². The summed E-state index contributed by atoms with van der Waals surface area (Å²) in [6, 6.07) is 21.1. The number of aldehydes is 1. The number of carbonyl (C=O) groups is 3. The Morgan fingerprint density at radius 3 is 2.41 bits per heavy atom. The van der Waals surface area contributed by atoms with Crippen molar-refractivity contribution in [2.75, 3.05) is 19.0 Å². The number of methoxy groups -OCH3 is 1. The molecule has 0 unspecified atom stereocenters. The van der Waals surface area contributed by atoms with Crippen LogP contribution in [0.15, 0.2) is 66.7 Å². The molecule has 176 valence electrons. The molecule has 0 saturated carbocycles. The van der Waals surface area contributed by atoms with Crippen LogP contribution in [0, 0.1) is 6.92 Å². The quantitative estimate of drug-likeness (QED) is 0.180. The van der Waals surface area contributed by atoms with E-state index < -0.39 is 5.91 Å². The first-order chi connectivity index (χ1) is 16.5. The minimum absolute atomic E-state index is 0.203. The topological polar surface area (TPSA) is 90.9 Å². The van der Waals surface area contributed by atoms with Crippen LogP contribution in [-0.4, -0.2) is 31.9 Å². The van der Waals surface area contributed by atoms with Crippen LogP contribution in [0.2, 0.25) is 0 Å². The average Bonchev–Trinajstić information content (AvgIpc) is 2.86. The molecule has 0 aliphatic heterocycles. The fourth-order valence-electron chi connectivity index (χ4n) is 3.31. The lowest BCUT2D eigenvalue weighted by molar-refractivity contribution is -0.140. The summed E-state index contributed by atoms with van der Waals surface area (Å²) in [6.45, 7) is 2.15. The number of hydrogen-bond donors (Lipinski definition) is 1. The van der Waals surface area contributed by atoms with Gasteiger partial charge in [0.2, 0.25) is 6.29 Å². The van der Waals surface area contributed by atoms with E-state index in [4.69, 9.17) is 9.47 Å². The minimum atomic E-state index is -0.779. The predicted molar refractivity (Wildman–Crippen MR) is 129 cm³/mol. The van der Waals surface area contributed by atoms with Crippen LogP contribution in [-0.2, 0) is 19.1 Å². The van der Waals surface area contributed by atoms with E-state index in [1.54, 1.807) is 12.1 Å². The van der Waals surface area contributed by atoms with Crippen LogP contribution in [0.5, 0.6) is 17.2 Å². The maximum absolute atomic E-state index is 11.7. The number of nitrogens with one attached hydrogen (secondary N) is 1. The van der Waals surface area contributed by atoms with Gasteiger partial charge in [-0.1, -0.05) is 42.5 Å². The average molecular weight is 462 g/mol. The molecule has 0 saturated heterocycles. The zero-order chi connectivity index (χ0) is 24.3. The highest BCUT2D eigenvalue weighted by Crippen LogP contribution is 2.36. The van der Waals surface area contributed by atoms with Crippen LogP contribution >= 0.6 is 0 Å². The zero-order valence-corrected chi connectivity index (χ0v) is 19.2. The van der Waals surface area contributed by atoms with Gasteiger partial charge in [-0.2, -0.15) is 0 Å². The largest absolute Gasteiger partial charge is 0.491 e. The maximum Gasteiger partial charge on any atom is 0.305 e.